The van der Waals surface area contributed by atoms with Crippen molar-refractivity contribution < 1.29 is 0 Å². The Morgan fingerprint density at radius 2 is 1.70 bits per heavy atom. The number of nitriles is 2. The second kappa shape index (κ2) is 6.88. The van der Waals surface area contributed by atoms with Crippen LogP contribution in [-0.2, 0) is 0 Å². The minimum atomic E-state index is -0.0408. The van der Waals surface area contributed by atoms with Crippen molar-refractivity contribution >= 4 is 58.9 Å². The van der Waals surface area contributed by atoms with E-state index in [0.717, 1.165) is 4.24 Å². The van der Waals surface area contributed by atoms with Gasteiger partial charge in [-0.15, -0.1) is 0 Å². The molecule has 0 aliphatic carbocycles. The van der Waals surface area contributed by atoms with Gasteiger partial charge in [0.15, 0.2) is 0 Å². The van der Waals surface area contributed by atoms with Crippen molar-refractivity contribution in [2.24, 2.45) is 0 Å². The van der Waals surface area contributed by atoms with Gasteiger partial charge in [0.25, 0.3) is 0 Å². The first-order valence-corrected chi connectivity index (χ1v) is 7.73. The van der Waals surface area contributed by atoms with Crippen LogP contribution < -0.4 is 0 Å². The molecule has 0 amide bonds. The second-order valence-electron chi connectivity index (χ2n) is 3.50. The van der Waals surface area contributed by atoms with Crippen LogP contribution in [0, 0.1) is 22.7 Å². The van der Waals surface area contributed by atoms with Gasteiger partial charge in [-0.2, -0.15) is 10.5 Å². The molecule has 20 heavy (non-hydrogen) atoms. The zero-order chi connectivity index (χ0) is 14.5. The smallest absolute Gasteiger partial charge is 0.138 e. The molecule has 1 aromatic heterocycles. The fraction of sp³-hybridized carbons (Fsp3) is 0. The molecule has 2 rings (SSSR count). The van der Waals surface area contributed by atoms with E-state index in [1.807, 2.05) is 16.9 Å². The molecule has 98 valence electrons. The maximum atomic E-state index is 8.77. The zero-order valence-corrected chi connectivity index (χ0v) is 12.9. The SMILES string of the molecule is N#CC(C#N)=Cc1cc(C=C2SC=CS2)c(Cl)nc1Cl. The van der Waals surface area contributed by atoms with Crippen LogP contribution in [0.2, 0.25) is 10.3 Å². The number of rotatable bonds is 2. The summed E-state index contributed by atoms with van der Waals surface area (Å²) in [4.78, 5) is 4.02. The highest BCUT2D eigenvalue weighted by molar-refractivity contribution is 8.27. The lowest BCUT2D eigenvalue weighted by atomic mass is 10.1. The van der Waals surface area contributed by atoms with Crippen LogP contribution in [-0.4, -0.2) is 4.98 Å². The van der Waals surface area contributed by atoms with Crippen molar-refractivity contribution in [2.45, 2.75) is 0 Å². The van der Waals surface area contributed by atoms with Crippen LogP contribution in [0.25, 0.3) is 12.2 Å². The minimum absolute atomic E-state index is 0.0408. The quantitative estimate of drug-likeness (QED) is 0.557. The highest BCUT2D eigenvalue weighted by Crippen LogP contribution is 2.39. The van der Waals surface area contributed by atoms with Crippen LogP contribution in [0.4, 0.5) is 0 Å². The van der Waals surface area contributed by atoms with Crippen LogP contribution in [0.1, 0.15) is 11.1 Å². The molecule has 1 aliphatic rings. The number of hydrogen-bond donors (Lipinski definition) is 0. The molecule has 0 unspecified atom stereocenters. The fourth-order valence-corrected chi connectivity index (χ4v) is 3.45. The van der Waals surface area contributed by atoms with E-state index in [4.69, 9.17) is 33.7 Å². The Morgan fingerprint density at radius 3 is 2.30 bits per heavy atom. The summed E-state index contributed by atoms with van der Waals surface area (Å²) in [6.45, 7) is 0. The molecular weight excluding hydrogens is 333 g/mol. The standard InChI is InChI=1S/C13H5Cl2N3S2/c14-12-9(3-8(6-16)7-17)4-10(13(15)18-12)5-11-19-1-2-20-11/h1-5H. The number of thioether (sulfide) groups is 2. The number of nitrogens with zero attached hydrogens (tertiary/aromatic N) is 3. The summed E-state index contributed by atoms with van der Waals surface area (Å²) in [5, 5.41) is 21.9. The highest BCUT2D eigenvalue weighted by atomic mass is 35.5. The summed E-state index contributed by atoms with van der Waals surface area (Å²) in [7, 11) is 0. The van der Waals surface area contributed by atoms with E-state index in [2.05, 4.69) is 4.98 Å². The summed E-state index contributed by atoms with van der Waals surface area (Å²) >= 11 is 15.2. The molecule has 0 saturated heterocycles. The molecule has 0 fully saturated rings. The van der Waals surface area contributed by atoms with Crippen molar-refractivity contribution in [1.82, 2.24) is 4.98 Å². The predicted octanol–water partition coefficient (Wildman–Crippen LogP) is 5.07. The summed E-state index contributed by atoms with van der Waals surface area (Å²) in [5.41, 5.74) is 1.14. The Balaban J connectivity index is 2.46. The van der Waals surface area contributed by atoms with Crippen LogP contribution in [0.5, 0.6) is 0 Å². The van der Waals surface area contributed by atoms with Gasteiger partial charge in [0.1, 0.15) is 28.0 Å². The summed E-state index contributed by atoms with van der Waals surface area (Å²) in [6, 6.07) is 5.27. The number of hydrogen-bond acceptors (Lipinski definition) is 5. The normalized spacial score (nSPS) is 12.7. The maximum absolute atomic E-state index is 8.77. The fourth-order valence-electron chi connectivity index (χ4n) is 1.36. The molecule has 0 radical (unpaired) electrons. The van der Waals surface area contributed by atoms with Gasteiger partial charge in [-0.3, -0.25) is 0 Å². The monoisotopic (exact) mass is 337 g/mol. The number of aromatic nitrogens is 1. The molecule has 0 bridgehead atoms. The Hall–Kier alpha value is -1.37. The lowest BCUT2D eigenvalue weighted by Crippen LogP contribution is -1.88. The first-order valence-electron chi connectivity index (χ1n) is 5.22. The Kier molecular flexibility index (Phi) is 5.17. The minimum Gasteiger partial charge on any atom is -0.223 e. The van der Waals surface area contributed by atoms with Crippen molar-refractivity contribution in [1.29, 1.82) is 10.5 Å². The van der Waals surface area contributed by atoms with Gasteiger partial charge in [0, 0.05) is 15.4 Å². The van der Waals surface area contributed by atoms with Crippen molar-refractivity contribution in [3.05, 3.63) is 48.1 Å². The van der Waals surface area contributed by atoms with E-state index in [1.54, 1.807) is 41.7 Å². The number of allylic oxidation sites excluding steroid dienone is 1. The van der Waals surface area contributed by atoms with Crippen LogP contribution >= 0.6 is 46.7 Å². The van der Waals surface area contributed by atoms with E-state index in [9.17, 15) is 0 Å². The maximum Gasteiger partial charge on any atom is 0.138 e. The lowest BCUT2D eigenvalue weighted by Gasteiger charge is -2.04. The average Bonchev–Trinajstić information content (AvgIpc) is 2.93. The van der Waals surface area contributed by atoms with Gasteiger partial charge in [0.2, 0.25) is 0 Å². The van der Waals surface area contributed by atoms with E-state index >= 15 is 0 Å². The molecule has 2 heterocycles. The van der Waals surface area contributed by atoms with E-state index in [1.165, 1.54) is 6.08 Å². The number of halogens is 2. The van der Waals surface area contributed by atoms with Gasteiger partial charge in [-0.25, -0.2) is 4.98 Å². The molecule has 0 spiro atoms. The Morgan fingerprint density at radius 1 is 1.10 bits per heavy atom. The molecule has 7 heteroatoms. The first kappa shape index (κ1) is 15.0. The molecular formula is C13H5Cl2N3S2. The third-order valence-corrected chi connectivity index (χ3v) is 4.82. The second-order valence-corrected chi connectivity index (χ2v) is 6.37. The summed E-state index contributed by atoms with van der Waals surface area (Å²) < 4.78 is 1.06. The van der Waals surface area contributed by atoms with E-state index in [-0.39, 0.29) is 15.9 Å². The van der Waals surface area contributed by atoms with Gasteiger partial charge >= 0.3 is 0 Å². The lowest BCUT2D eigenvalue weighted by molar-refractivity contribution is 1.30. The predicted molar refractivity (Wildman–Crippen MR) is 85.8 cm³/mol. The Bertz CT molecular complexity index is 698. The molecule has 0 aromatic carbocycles. The van der Waals surface area contributed by atoms with E-state index < -0.39 is 0 Å². The zero-order valence-electron chi connectivity index (χ0n) is 9.80. The third kappa shape index (κ3) is 3.59. The molecule has 0 saturated carbocycles. The van der Waals surface area contributed by atoms with Crippen molar-refractivity contribution in [3.8, 4) is 12.1 Å². The Labute approximate surface area is 134 Å². The summed E-state index contributed by atoms with van der Waals surface area (Å²) in [5.74, 6) is 0. The van der Waals surface area contributed by atoms with Gasteiger partial charge in [-0.1, -0.05) is 46.7 Å². The topological polar surface area (TPSA) is 60.5 Å². The molecule has 0 atom stereocenters. The van der Waals surface area contributed by atoms with Crippen LogP contribution in [0.3, 0.4) is 0 Å². The molecule has 0 N–H and O–H groups in total. The highest BCUT2D eigenvalue weighted by Gasteiger charge is 2.10. The molecule has 1 aromatic rings. The van der Waals surface area contributed by atoms with Gasteiger partial charge in [0.05, 0.1) is 0 Å². The van der Waals surface area contributed by atoms with Crippen molar-refractivity contribution in [2.75, 3.05) is 0 Å². The molecule has 1 aliphatic heterocycles. The average molecular weight is 338 g/mol. The van der Waals surface area contributed by atoms with Crippen molar-refractivity contribution in [3.63, 3.8) is 0 Å². The van der Waals surface area contributed by atoms with E-state index in [0.29, 0.717) is 11.1 Å². The number of pyridine rings is 1. The summed E-state index contributed by atoms with van der Waals surface area (Å²) in [6.07, 6.45) is 3.28. The van der Waals surface area contributed by atoms with Gasteiger partial charge in [-0.05, 0) is 29.0 Å². The first-order chi connectivity index (χ1) is 9.63. The van der Waals surface area contributed by atoms with Crippen LogP contribution in [0.15, 0.2) is 26.7 Å². The van der Waals surface area contributed by atoms with Gasteiger partial charge < -0.3 is 0 Å². The largest absolute Gasteiger partial charge is 0.223 e. The molecule has 3 nitrogen and oxygen atoms in total. The third-order valence-electron chi connectivity index (χ3n) is 2.22.